The third-order valence-electron chi connectivity index (χ3n) is 3.05. The first kappa shape index (κ1) is 10.4. The van der Waals surface area contributed by atoms with E-state index >= 15 is 0 Å². The van der Waals surface area contributed by atoms with Gasteiger partial charge in [-0.3, -0.25) is 0 Å². The van der Waals surface area contributed by atoms with Gasteiger partial charge in [0.25, 0.3) is 0 Å². The Kier molecular flexibility index (Phi) is 2.16. The van der Waals surface area contributed by atoms with E-state index in [9.17, 15) is 5.11 Å². The molecule has 14 heavy (non-hydrogen) atoms. The van der Waals surface area contributed by atoms with Crippen LogP contribution in [0, 0.1) is 0 Å². The Balaban J connectivity index is 2.27. The molecule has 2 saturated heterocycles. The Bertz CT molecular complexity index is 240. The van der Waals surface area contributed by atoms with Crippen molar-refractivity contribution >= 4 is 0 Å². The van der Waals surface area contributed by atoms with Gasteiger partial charge in [0.2, 0.25) is 0 Å². The van der Waals surface area contributed by atoms with Crippen molar-refractivity contribution in [2.75, 3.05) is 6.61 Å². The van der Waals surface area contributed by atoms with Crippen LogP contribution in [0.4, 0.5) is 0 Å². The number of aliphatic hydroxyl groups is 1. The maximum atomic E-state index is 9.21. The van der Waals surface area contributed by atoms with Gasteiger partial charge in [0.1, 0.15) is 17.8 Å². The zero-order valence-electron chi connectivity index (χ0n) is 9.11. The molecule has 82 valence electrons. The Morgan fingerprint density at radius 3 is 2.50 bits per heavy atom. The average molecular weight is 202 g/mol. The number of fused-ring (bicyclic) bond motifs is 1. The first-order chi connectivity index (χ1) is 6.39. The van der Waals surface area contributed by atoms with Crippen molar-refractivity contribution in [2.24, 2.45) is 0 Å². The average Bonchev–Trinajstić information content (AvgIpc) is 2.42. The van der Waals surface area contributed by atoms with Crippen molar-refractivity contribution in [1.82, 2.24) is 0 Å². The third kappa shape index (κ3) is 1.29. The number of rotatable bonds is 1. The van der Waals surface area contributed by atoms with Crippen molar-refractivity contribution in [2.45, 2.75) is 57.4 Å². The molecule has 4 atom stereocenters. The Hall–Kier alpha value is -0.160. The van der Waals surface area contributed by atoms with Crippen LogP contribution in [0.2, 0.25) is 0 Å². The maximum absolute atomic E-state index is 9.21. The van der Waals surface area contributed by atoms with Gasteiger partial charge in [-0.2, -0.15) is 0 Å². The highest BCUT2D eigenvalue weighted by molar-refractivity contribution is 5.06. The smallest absolute Gasteiger partial charge is 0.164 e. The quantitative estimate of drug-likeness (QED) is 0.679. The van der Waals surface area contributed by atoms with Gasteiger partial charge in [-0.25, -0.2) is 0 Å². The third-order valence-corrected chi connectivity index (χ3v) is 3.05. The molecule has 4 heteroatoms. The molecule has 0 radical (unpaired) electrons. The SMILES string of the molecule is C[C@@H]1O[C@H](CO)[C@@]2(C)OC(C)(C)O[C@@H]12. The van der Waals surface area contributed by atoms with E-state index in [1.165, 1.54) is 0 Å². The Labute approximate surface area is 84.1 Å². The number of ether oxygens (including phenoxy) is 3. The van der Waals surface area contributed by atoms with Crippen molar-refractivity contribution in [3.63, 3.8) is 0 Å². The highest BCUT2D eigenvalue weighted by Gasteiger charge is 2.61. The van der Waals surface area contributed by atoms with Crippen LogP contribution in [0.3, 0.4) is 0 Å². The zero-order chi connectivity index (χ0) is 10.6. The molecule has 0 spiro atoms. The van der Waals surface area contributed by atoms with Gasteiger partial charge in [0.05, 0.1) is 12.7 Å². The monoisotopic (exact) mass is 202 g/mol. The fourth-order valence-electron chi connectivity index (χ4n) is 2.54. The summed E-state index contributed by atoms with van der Waals surface area (Å²) in [6.45, 7) is 7.63. The number of aliphatic hydroxyl groups excluding tert-OH is 1. The van der Waals surface area contributed by atoms with Crippen LogP contribution < -0.4 is 0 Å². The largest absolute Gasteiger partial charge is 0.394 e. The van der Waals surface area contributed by atoms with Crippen molar-refractivity contribution < 1.29 is 19.3 Å². The minimum Gasteiger partial charge on any atom is -0.394 e. The highest BCUT2D eigenvalue weighted by atomic mass is 16.8. The van der Waals surface area contributed by atoms with Crippen LogP contribution in [0.5, 0.6) is 0 Å². The van der Waals surface area contributed by atoms with E-state index in [1.54, 1.807) is 0 Å². The molecule has 2 fully saturated rings. The minimum atomic E-state index is -0.578. The van der Waals surface area contributed by atoms with E-state index < -0.39 is 11.4 Å². The van der Waals surface area contributed by atoms with E-state index in [1.807, 2.05) is 27.7 Å². The lowest BCUT2D eigenvalue weighted by Crippen LogP contribution is -2.45. The molecule has 0 aromatic rings. The summed E-state index contributed by atoms with van der Waals surface area (Å²) in [6, 6.07) is 0. The number of hydrogen-bond donors (Lipinski definition) is 1. The number of hydrogen-bond acceptors (Lipinski definition) is 4. The second kappa shape index (κ2) is 2.92. The van der Waals surface area contributed by atoms with Crippen LogP contribution in [-0.2, 0) is 14.2 Å². The molecule has 4 nitrogen and oxygen atoms in total. The second-order valence-corrected chi connectivity index (χ2v) is 4.74. The predicted octanol–water partition coefficient (Wildman–Crippen LogP) is 0.676. The van der Waals surface area contributed by atoms with E-state index in [0.717, 1.165) is 0 Å². The fraction of sp³-hybridized carbons (Fsp3) is 1.00. The van der Waals surface area contributed by atoms with E-state index in [4.69, 9.17) is 14.2 Å². The molecule has 0 aromatic heterocycles. The maximum Gasteiger partial charge on any atom is 0.164 e. The van der Waals surface area contributed by atoms with Crippen LogP contribution in [0.15, 0.2) is 0 Å². The van der Waals surface area contributed by atoms with E-state index in [0.29, 0.717) is 0 Å². The van der Waals surface area contributed by atoms with Gasteiger partial charge in [-0.15, -0.1) is 0 Å². The summed E-state index contributed by atoms with van der Waals surface area (Å²) < 4.78 is 17.2. The molecule has 2 aliphatic rings. The lowest BCUT2D eigenvalue weighted by atomic mass is 9.94. The van der Waals surface area contributed by atoms with Crippen molar-refractivity contribution in [3.8, 4) is 0 Å². The molecule has 0 bridgehead atoms. The van der Waals surface area contributed by atoms with Gasteiger partial charge in [0, 0.05) is 0 Å². The molecule has 0 aromatic carbocycles. The molecular formula is C10H18O4. The molecule has 0 amide bonds. The Morgan fingerprint density at radius 1 is 1.29 bits per heavy atom. The van der Waals surface area contributed by atoms with Gasteiger partial charge in [-0.1, -0.05) is 0 Å². The molecule has 0 aliphatic carbocycles. The Morgan fingerprint density at radius 2 is 1.93 bits per heavy atom. The molecule has 1 N–H and O–H groups in total. The molecule has 0 unspecified atom stereocenters. The van der Waals surface area contributed by atoms with Gasteiger partial charge in [-0.05, 0) is 27.7 Å². The summed E-state index contributed by atoms with van der Waals surface area (Å²) in [6.07, 6.45) is -0.405. The molecule has 0 saturated carbocycles. The highest BCUT2D eigenvalue weighted by Crippen LogP contribution is 2.46. The van der Waals surface area contributed by atoms with E-state index in [2.05, 4.69) is 0 Å². The normalized spacial score (nSPS) is 50.8. The first-order valence-electron chi connectivity index (χ1n) is 5.03. The predicted molar refractivity (Wildman–Crippen MR) is 49.9 cm³/mol. The van der Waals surface area contributed by atoms with Crippen LogP contribution in [0.1, 0.15) is 27.7 Å². The minimum absolute atomic E-state index is 0.0288. The summed E-state index contributed by atoms with van der Waals surface area (Å²) in [7, 11) is 0. The second-order valence-electron chi connectivity index (χ2n) is 4.74. The first-order valence-corrected chi connectivity index (χ1v) is 5.03. The molecule has 2 rings (SSSR count). The van der Waals surface area contributed by atoms with Crippen molar-refractivity contribution in [3.05, 3.63) is 0 Å². The summed E-state index contributed by atoms with van der Waals surface area (Å²) >= 11 is 0. The summed E-state index contributed by atoms with van der Waals surface area (Å²) in [5.41, 5.74) is -0.516. The van der Waals surface area contributed by atoms with E-state index in [-0.39, 0.29) is 24.9 Å². The van der Waals surface area contributed by atoms with Gasteiger partial charge in [0.15, 0.2) is 5.79 Å². The van der Waals surface area contributed by atoms with Crippen LogP contribution >= 0.6 is 0 Å². The topological polar surface area (TPSA) is 47.9 Å². The molecule has 2 heterocycles. The molecule has 2 aliphatic heterocycles. The lowest BCUT2D eigenvalue weighted by molar-refractivity contribution is -0.205. The standard InChI is InChI=1S/C10H18O4/c1-6-8-10(4,7(5-11)12-6)14-9(2,3)13-8/h6-8,11H,5H2,1-4H3/t6-,7+,8-,10+/m0/s1. The van der Waals surface area contributed by atoms with Gasteiger partial charge >= 0.3 is 0 Å². The van der Waals surface area contributed by atoms with Crippen LogP contribution in [0.25, 0.3) is 0 Å². The molecular weight excluding hydrogens is 184 g/mol. The van der Waals surface area contributed by atoms with Crippen molar-refractivity contribution in [1.29, 1.82) is 0 Å². The summed E-state index contributed by atoms with van der Waals surface area (Å²) in [5, 5.41) is 9.21. The summed E-state index contributed by atoms with van der Waals surface area (Å²) in [5.74, 6) is -0.578. The fourth-order valence-corrected chi connectivity index (χ4v) is 2.54. The lowest BCUT2D eigenvalue weighted by Gasteiger charge is -2.28. The van der Waals surface area contributed by atoms with Crippen LogP contribution in [-0.4, -0.2) is 41.4 Å². The van der Waals surface area contributed by atoms with Gasteiger partial charge < -0.3 is 19.3 Å². The zero-order valence-corrected chi connectivity index (χ0v) is 9.11. The summed E-state index contributed by atoms with van der Waals surface area (Å²) in [4.78, 5) is 0.